The average molecular weight is 216 g/mol. The quantitative estimate of drug-likeness (QED) is 0.661. The minimum absolute atomic E-state index is 0.0106. The van der Waals surface area contributed by atoms with E-state index in [0.717, 1.165) is 12.8 Å². The molecule has 14 heavy (non-hydrogen) atoms. The summed E-state index contributed by atoms with van der Waals surface area (Å²) in [5.41, 5.74) is 5.24. The van der Waals surface area contributed by atoms with Crippen molar-refractivity contribution in [2.45, 2.75) is 31.7 Å². The predicted molar refractivity (Wildman–Crippen MR) is 57.0 cm³/mol. The van der Waals surface area contributed by atoms with Gasteiger partial charge in [0, 0.05) is 13.0 Å². The Balaban J connectivity index is 2.62. The predicted octanol–water partition coefficient (Wildman–Crippen LogP) is 0.173. The molecule has 0 aromatic rings. The highest BCUT2D eigenvalue weighted by Gasteiger charge is 2.29. The summed E-state index contributed by atoms with van der Waals surface area (Å²) in [6.45, 7) is 0.653. The van der Waals surface area contributed by atoms with Gasteiger partial charge in [-0.1, -0.05) is 0 Å². The molecule has 1 atom stereocenters. The van der Waals surface area contributed by atoms with Crippen molar-refractivity contribution in [3.63, 3.8) is 0 Å². The van der Waals surface area contributed by atoms with Gasteiger partial charge in [0.25, 0.3) is 0 Å². The molecule has 1 aliphatic heterocycles. The Morgan fingerprint density at radius 3 is 2.71 bits per heavy atom. The van der Waals surface area contributed by atoms with Crippen molar-refractivity contribution in [1.29, 1.82) is 0 Å². The number of rotatable bonds is 3. The molecule has 0 spiro atoms. The summed E-state index contributed by atoms with van der Waals surface area (Å²) < 4.78 is 0. The van der Waals surface area contributed by atoms with Crippen molar-refractivity contribution in [2.24, 2.45) is 5.73 Å². The summed E-state index contributed by atoms with van der Waals surface area (Å²) in [7, 11) is 0. The third kappa shape index (κ3) is 2.64. The molecule has 1 heterocycles. The molecule has 2 amide bonds. The number of amides is 2. The van der Waals surface area contributed by atoms with Crippen LogP contribution in [-0.4, -0.2) is 35.1 Å². The number of nitrogens with zero attached hydrogens (tertiary/aromatic N) is 1. The largest absolute Gasteiger partial charge is 0.368 e. The number of carbonyl (C=O) groups is 2. The highest BCUT2D eigenvalue weighted by Crippen LogP contribution is 2.17. The summed E-state index contributed by atoms with van der Waals surface area (Å²) in [4.78, 5) is 24.3. The molecule has 5 heteroatoms. The van der Waals surface area contributed by atoms with Crippen LogP contribution in [0.2, 0.25) is 0 Å². The van der Waals surface area contributed by atoms with Gasteiger partial charge in [-0.25, -0.2) is 0 Å². The fourth-order valence-electron chi connectivity index (χ4n) is 1.77. The summed E-state index contributed by atoms with van der Waals surface area (Å²) >= 11 is 4.00. The number of carbonyl (C=O) groups excluding carboxylic acids is 2. The van der Waals surface area contributed by atoms with Crippen LogP contribution in [0, 0.1) is 0 Å². The first kappa shape index (κ1) is 11.4. The Labute approximate surface area is 89.2 Å². The first-order valence-corrected chi connectivity index (χ1v) is 5.49. The molecule has 0 aromatic heterocycles. The van der Waals surface area contributed by atoms with Gasteiger partial charge in [-0.2, -0.15) is 12.6 Å². The molecule has 4 nitrogen and oxygen atoms in total. The lowest BCUT2D eigenvalue weighted by Gasteiger charge is -2.33. The molecule has 80 valence electrons. The van der Waals surface area contributed by atoms with Crippen LogP contribution in [0.3, 0.4) is 0 Å². The molecule has 1 rings (SSSR count). The average Bonchev–Trinajstić information content (AvgIpc) is 2.18. The topological polar surface area (TPSA) is 63.4 Å². The van der Waals surface area contributed by atoms with Crippen LogP contribution in [0.15, 0.2) is 0 Å². The van der Waals surface area contributed by atoms with E-state index in [4.69, 9.17) is 5.73 Å². The van der Waals surface area contributed by atoms with E-state index >= 15 is 0 Å². The van der Waals surface area contributed by atoms with Gasteiger partial charge in [-0.3, -0.25) is 9.59 Å². The first-order chi connectivity index (χ1) is 6.66. The van der Waals surface area contributed by atoms with E-state index in [1.165, 1.54) is 0 Å². The SMILES string of the molecule is NC(=O)C1CCCCN1C(=O)CCS. The molecular weight excluding hydrogens is 200 g/mol. The number of nitrogens with two attached hydrogens (primary N) is 1. The highest BCUT2D eigenvalue weighted by atomic mass is 32.1. The Hall–Kier alpha value is -0.710. The van der Waals surface area contributed by atoms with E-state index in [9.17, 15) is 9.59 Å². The van der Waals surface area contributed by atoms with E-state index in [1.807, 2.05) is 0 Å². The van der Waals surface area contributed by atoms with Crippen molar-refractivity contribution in [1.82, 2.24) is 4.90 Å². The van der Waals surface area contributed by atoms with E-state index in [-0.39, 0.29) is 5.91 Å². The maximum atomic E-state index is 11.6. The molecule has 1 saturated heterocycles. The number of hydrogen-bond acceptors (Lipinski definition) is 3. The monoisotopic (exact) mass is 216 g/mol. The molecule has 1 aliphatic rings. The second-order valence-corrected chi connectivity index (χ2v) is 3.92. The third-order valence-corrected chi connectivity index (χ3v) is 2.70. The number of thiol groups is 1. The number of piperidine rings is 1. The minimum atomic E-state index is -0.392. The van der Waals surface area contributed by atoms with Crippen LogP contribution in [0.1, 0.15) is 25.7 Å². The van der Waals surface area contributed by atoms with Gasteiger partial charge in [0.15, 0.2) is 0 Å². The second kappa shape index (κ2) is 5.24. The molecule has 1 unspecified atom stereocenters. The minimum Gasteiger partial charge on any atom is -0.368 e. The Kier molecular flexibility index (Phi) is 4.25. The zero-order chi connectivity index (χ0) is 10.6. The summed E-state index contributed by atoms with van der Waals surface area (Å²) in [5.74, 6) is 0.113. The number of hydrogen-bond donors (Lipinski definition) is 2. The van der Waals surface area contributed by atoms with Gasteiger partial charge in [-0.05, 0) is 25.0 Å². The lowest BCUT2D eigenvalue weighted by Crippen LogP contribution is -2.50. The fraction of sp³-hybridized carbons (Fsp3) is 0.778. The van der Waals surface area contributed by atoms with Gasteiger partial charge in [-0.15, -0.1) is 0 Å². The molecule has 0 aliphatic carbocycles. The summed E-state index contributed by atoms with van der Waals surface area (Å²) in [6.07, 6.45) is 3.01. The third-order valence-electron chi connectivity index (χ3n) is 2.48. The van der Waals surface area contributed by atoms with Crippen LogP contribution < -0.4 is 5.73 Å². The van der Waals surface area contributed by atoms with Crippen LogP contribution in [0.25, 0.3) is 0 Å². The van der Waals surface area contributed by atoms with Gasteiger partial charge >= 0.3 is 0 Å². The number of likely N-dealkylation sites (tertiary alicyclic amines) is 1. The van der Waals surface area contributed by atoms with Crippen molar-refractivity contribution in [3.05, 3.63) is 0 Å². The highest BCUT2D eigenvalue weighted by molar-refractivity contribution is 7.80. The Bertz CT molecular complexity index is 233. The Morgan fingerprint density at radius 1 is 1.43 bits per heavy atom. The summed E-state index contributed by atoms with van der Waals surface area (Å²) in [6, 6.07) is -0.392. The first-order valence-electron chi connectivity index (χ1n) is 4.86. The van der Waals surface area contributed by atoms with Crippen LogP contribution >= 0.6 is 12.6 Å². The normalized spacial score (nSPS) is 22.1. The lowest BCUT2D eigenvalue weighted by molar-refractivity contribution is -0.140. The standard InChI is InChI=1S/C9H16N2O2S/c10-9(13)7-3-1-2-5-11(7)8(12)4-6-14/h7,14H,1-6H2,(H2,10,13). The van der Waals surface area contributed by atoms with Gasteiger partial charge in [0.2, 0.25) is 11.8 Å². The van der Waals surface area contributed by atoms with E-state index in [0.29, 0.717) is 25.1 Å². The zero-order valence-electron chi connectivity index (χ0n) is 8.11. The van der Waals surface area contributed by atoms with E-state index < -0.39 is 11.9 Å². The van der Waals surface area contributed by atoms with Crippen LogP contribution in [-0.2, 0) is 9.59 Å². The van der Waals surface area contributed by atoms with Gasteiger partial charge < -0.3 is 10.6 Å². The number of primary amides is 1. The molecule has 0 bridgehead atoms. The Morgan fingerprint density at radius 2 is 2.14 bits per heavy atom. The van der Waals surface area contributed by atoms with E-state index in [2.05, 4.69) is 12.6 Å². The maximum Gasteiger partial charge on any atom is 0.240 e. The zero-order valence-corrected chi connectivity index (χ0v) is 9.00. The van der Waals surface area contributed by atoms with Gasteiger partial charge in [0.1, 0.15) is 6.04 Å². The molecular formula is C9H16N2O2S. The van der Waals surface area contributed by atoms with Crippen LogP contribution in [0.5, 0.6) is 0 Å². The molecule has 2 N–H and O–H groups in total. The fourth-order valence-corrected chi connectivity index (χ4v) is 1.96. The maximum absolute atomic E-state index is 11.6. The van der Waals surface area contributed by atoms with Crippen molar-refractivity contribution in [2.75, 3.05) is 12.3 Å². The van der Waals surface area contributed by atoms with Crippen molar-refractivity contribution >= 4 is 24.4 Å². The molecule has 0 aromatic carbocycles. The summed E-state index contributed by atoms with van der Waals surface area (Å²) in [5, 5.41) is 0. The van der Waals surface area contributed by atoms with Crippen LogP contribution in [0.4, 0.5) is 0 Å². The lowest BCUT2D eigenvalue weighted by atomic mass is 10.0. The van der Waals surface area contributed by atoms with E-state index in [1.54, 1.807) is 4.90 Å². The van der Waals surface area contributed by atoms with Gasteiger partial charge in [0.05, 0.1) is 0 Å². The molecule has 0 radical (unpaired) electrons. The molecule has 1 fully saturated rings. The molecule has 0 saturated carbocycles. The van der Waals surface area contributed by atoms with Crippen molar-refractivity contribution < 1.29 is 9.59 Å². The van der Waals surface area contributed by atoms with Crippen molar-refractivity contribution in [3.8, 4) is 0 Å². The second-order valence-electron chi connectivity index (χ2n) is 3.47. The smallest absolute Gasteiger partial charge is 0.240 e.